The number of aliphatic hydroxyl groups is 5. The molecule has 0 radical (unpaired) electrons. The molecule has 0 aromatic rings. The first kappa shape index (κ1) is 63.9. The first-order valence-electron chi connectivity index (χ1n) is 29.4. The maximum Gasteiger partial charge on any atom is 0.220 e. The summed E-state index contributed by atoms with van der Waals surface area (Å²) in [5.41, 5.74) is 0. The van der Waals surface area contributed by atoms with Crippen LogP contribution in [-0.2, 0) is 14.3 Å². The summed E-state index contributed by atoms with van der Waals surface area (Å²) >= 11 is 0. The largest absolute Gasteiger partial charge is 0.394 e. The van der Waals surface area contributed by atoms with Crippen molar-refractivity contribution in [2.45, 2.75) is 339 Å². The van der Waals surface area contributed by atoms with Crippen molar-refractivity contribution in [1.82, 2.24) is 5.32 Å². The second kappa shape index (κ2) is 48.6. The third-order valence-electron chi connectivity index (χ3n) is 14.4. The molecule has 1 aliphatic heterocycles. The van der Waals surface area contributed by atoms with Crippen LogP contribution in [0.25, 0.3) is 0 Å². The van der Waals surface area contributed by atoms with E-state index in [4.69, 9.17) is 9.47 Å². The van der Waals surface area contributed by atoms with Gasteiger partial charge < -0.3 is 40.3 Å². The molecule has 7 unspecified atom stereocenters. The summed E-state index contributed by atoms with van der Waals surface area (Å²) < 4.78 is 11.1. The Balaban J connectivity index is 1.90. The Labute approximate surface area is 414 Å². The number of amides is 1. The van der Waals surface area contributed by atoms with Crippen molar-refractivity contribution < 1.29 is 39.8 Å². The molecule has 0 spiro atoms. The van der Waals surface area contributed by atoms with Gasteiger partial charge in [0.05, 0.1) is 25.4 Å². The molecule has 0 aromatic heterocycles. The van der Waals surface area contributed by atoms with Crippen molar-refractivity contribution in [1.29, 1.82) is 0 Å². The van der Waals surface area contributed by atoms with Crippen LogP contribution in [0.5, 0.6) is 0 Å². The van der Waals surface area contributed by atoms with Crippen molar-refractivity contribution in [2.24, 2.45) is 0 Å². The Hall–Kier alpha value is -1.07. The number of unbranched alkanes of at least 4 members (excludes halogenated alkanes) is 41. The Bertz CT molecular complexity index is 1060. The second-order valence-corrected chi connectivity index (χ2v) is 20.8. The van der Waals surface area contributed by atoms with Crippen molar-refractivity contribution in [3.8, 4) is 0 Å². The molecule has 67 heavy (non-hydrogen) atoms. The second-order valence-electron chi connectivity index (χ2n) is 20.8. The van der Waals surface area contributed by atoms with Gasteiger partial charge in [-0.3, -0.25) is 4.79 Å². The predicted octanol–water partition coefficient (Wildman–Crippen LogP) is 14.4. The van der Waals surface area contributed by atoms with Crippen LogP contribution < -0.4 is 5.32 Å². The molecule has 1 saturated heterocycles. The zero-order valence-electron chi connectivity index (χ0n) is 44.2. The monoisotopic (exact) mass is 952 g/mol. The van der Waals surface area contributed by atoms with Gasteiger partial charge >= 0.3 is 0 Å². The van der Waals surface area contributed by atoms with Crippen LogP contribution in [0.4, 0.5) is 0 Å². The summed E-state index contributed by atoms with van der Waals surface area (Å²) in [4.78, 5) is 12.9. The molecular formula is C58H113NO8. The SMILES string of the molecule is CCCCC/C=C/C(O)C(COC1OC(CO)C(O)C(O)C1O)NC(=O)CCCCCCCCCCCCCCCCCCCCCCCCCCCCCCCCCCCCCCCCC. The van der Waals surface area contributed by atoms with Gasteiger partial charge in [-0.15, -0.1) is 0 Å². The maximum atomic E-state index is 12.9. The molecule has 6 N–H and O–H groups in total. The van der Waals surface area contributed by atoms with E-state index in [1.165, 1.54) is 231 Å². The van der Waals surface area contributed by atoms with E-state index in [0.29, 0.717) is 6.42 Å². The first-order chi connectivity index (χ1) is 32.8. The van der Waals surface area contributed by atoms with Gasteiger partial charge in [-0.2, -0.15) is 0 Å². The van der Waals surface area contributed by atoms with E-state index >= 15 is 0 Å². The molecule has 1 heterocycles. The van der Waals surface area contributed by atoms with Gasteiger partial charge in [0.25, 0.3) is 0 Å². The van der Waals surface area contributed by atoms with Gasteiger partial charge in [0.15, 0.2) is 6.29 Å². The lowest BCUT2D eigenvalue weighted by molar-refractivity contribution is -0.302. The smallest absolute Gasteiger partial charge is 0.220 e. The quantitative estimate of drug-likeness (QED) is 0.0261. The summed E-state index contributed by atoms with van der Waals surface area (Å²) in [7, 11) is 0. The number of carbonyl (C=O) groups excluding carboxylic acids is 1. The van der Waals surface area contributed by atoms with Gasteiger partial charge in [-0.1, -0.05) is 283 Å². The highest BCUT2D eigenvalue weighted by atomic mass is 16.7. The third kappa shape index (κ3) is 38.3. The fourth-order valence-electron chi connectivity index (χ4n) is 9.69. The van der Waals surface area contributed by atoms with Gasteiger partial charge in [-0.05, 0) is 19.3 Å². The van der Waals surface area contributed by atoms with Gasteiger partial charge in [0, 0.05) is 6.42 Å². The van der Waals surface area contributed by atoms with E-state index < -0.39 is 49.5 Å². The average Bonchev–Trinajstić information content (AvgIpc) is 3.33. The molecule has 1 amide bonds. The minimum Gasteiger partial charge on any atom is -0.394 e. The number of nitrogens with one attached hydrogen (secondary N) is 1. The van der Waals surface area contributed by atoms with Gasteiger partial charge in [-0.25, -0.2) is 0 Å². The number of aliphatic hydroxyl groups excluding tert-OH is 5. The number of hydrogen-bond donors (Lipinski definition) is 6. The summed E-state index contributed by atoms with van der Waals surface area (Å²) in [5.74, 6) is -0.178. The molecule has 1 aliphatic rings. The normalized spacial score (nSPS) is 19.7. The molecule has 0 aliphatic carbocycles. The number of ether oxygens (including phenoxy) is 2. The lowest BCUT2D eigenvalue weighted by Gasteiger charge is -2.40. The highest BCUT2D eigenvalue weighted by Crippen LogP contribution is 2.23. The minimum atomic E-state index is -1.56. The average molecular weight is 953 g/mol. The van der Waals surface area contributed by atoms with Crippen LogP contribution in [0.2, 0.25) is 0 Å². The molecule has 0 saturated carbocycles. The van der Waals surface area contributed by atoms with Crippen LogP contribution in [0, 0.1) is 0 Å². The summed E-state index contributed by atoms with van der Waals surface area (Å²) in [6.45, 7) is 3.69. The molecule has 7 atom stereocenters. The van der Waals surface area contributed by atoms with Crippen molar-refractivity contribution in [2.75, 3.05) is 13.2 Å². The molecule has 9 heteroatoms. The number of carbonyl (C=O) groups is 1. The van der Waals surface area contributed by atoms with Crippen LogP contribution in [0.1, 0.15) is 296 Å². The lowest BCUT2D eigenvalue weighted by atomic mass is 9.99. The molecule has 0 aromatic carbocycles. The zero-order chi connectivity index (χ0) is 48.7. The first-order valence-corrected chi connectivity index (χ1v) is 29.4. The van der Waals surface area contributed by atoms with E-state index in [2.05, 4.69) is 19.2 Å². The standard InChI is InChI=1S/C58H113NO8/c1-3-5-7-9-10-11-12-13-14-15-16-17-18-19-20-21-22-23-24-25-26-27-28-29-30-31-32-33-34-35-36-37-38-39-40-41-42-44-46-48-54(62)59-51(52(61)47-45-43-8-6-4-2)50-66-58-57(65)56(64)55(63)53(49-60)67-58/h45,47,51-53,55-58,60-61,63-65H,3-44,46,48-50H2,1-2H3,(H,59,62)/b47-45+. The number of allylic oxidation sites excluding steroid dienone is 1. The van der Waals surface area contributed by atoms with E-state index in [1.807, 2.05) is 6.08 Å². The van der Waals surface area contributed by atoms with Crippen LogP contribution in [0.3, 0.4) is 0 Å². The van der Waals surface area contributed by atoms with Crippen molar-refractivity contribution in [3.63, 3.8) is 0 Å². The Morgan fingerprint density at radius 1 is 0.493 bits per heavy atom. The molecule has 9 nitrogen and oxygen atoms in total. The lowest BCUT2D eigenvalue weighted by Crippen LogP contribution is -2.60. The predicted molar refractivity (Wildman–Crippen MR) is 281 cm³/mol. The van der Waals surface area contributed by atoms with Crippen LogP contribution >= 0.6 is 0 Å². The Morgan fingerprint density at radius 2 is 0.821 bits per heavy atom. The maximum absolute atomic E-state index is 12.9. The van der Waals surface area contributed by atoms with E-state index in [9.17, 15) is 30.3 Å². The molecule has 0 bridgehead atoms. The summed E-state index contributed by atoms with van der Waals surface area (Å²) in [6.07, 6.45) is 53.9. The highest BCUT2D eigenvalue weighted by molar-refractivity contribution is 5.76. The minimum absolute atomic E-state index is 0.178. The van der Waals surface area contributed by atoms with Crippen LogP contribution in [0.15, 0.2) is 12.2 Å². The summed E-state index contributed by atoms with van der Waals surface area (Å²) in [6, 6.07) is -0.796. The van der Waals surface area contributed by atoms with Gasteiger partial charge in [0.2, 0.25) is 5.91 Å². The molecule has 398 valence electrons. The van der Waals surface area contributed by atoms with Crippen LogP contribution in [-0.4, -0.2) is 87.5 Å². The van der Waals surface area contributed by atoms with E-state index in [1.54, 1.807) is 6.08 Å². The zero-order valence-corrected chi connectivity index (χ0v) is 44.2. The number of rotatable bonds is 51. The summed E-state index contributed by atoms with van der Waals surface area (Å²) in [5, 5.41) is 53.8. The van der Waals surface area contributed by atoms with E-state index in [-0.39, 0.29) is 12.5 Å². The molecule has 1 rings (SSSR count). The highest BCUT2D eigenvalue weighted by Gasteiger charge is 2.44. The van der Waals surface area contributed by atoms with E-state index in [0.717, 1.165) is 44.9 Å². The van der Waals surface area contributed by atoms with Crippen molar-refractivity contribution >= 4 is 5.91 Å². The topological polar surface area (TPSA) is 149 Å². The fourth-order valence-corrected chi connectivity index (χ4v) is 9.69. The number of hydrogen-bond acceptors (Lipinski definition) is 8. The Morgan fingerprint density at radius 3 is 1.16 bits per heavy atom. The molecule has 1 fully saturated rings. The third-order valence-corrected chi connectivity index (χ3v) is 14.4. The molecular weight excluding hydrogens is 839 g/mol. The van der Waals surface area contributed by atoms with Gasteiger partial charge in [0.1, 0.15) is 24.4 Å². The Kier molecular flexibility index (Phi) is 46.3. The van der Waals surface area contributed by atoms with Crippen molar-refractivity contribution in [3.05, 3.63) is 12.2 Å². The fraction of sp³-hybridized carbons (Fsp3) is 0.948.